The molecule has 5 rings (SSSR count). The Morgan fingerprint density at radius 3 is 2.50 bits per heavy atom. The van der Waals surface area contributed by atoms with Gasteiger partial charge in [0.05, 0.1) is 11.4 Å². The molecule has 2 atom stereocenters. The van der Waals surface area contributed by atoms with Crippen LogP contribution in [-0.4, -0.2) is 29.0 Å². The van der Waals surface area contributed by atoms with Crippen molar-refractivity contribution in [1.29, 1.82) is 0 Å². The third kappa shape index (κ3) is 4.75. The zero-order valence-corrected chi connectivity index (χ0v) is 20.9. The maximum absolute atomic E-state index is 13.3. The lowest BCUT2D eigenvalue weighted by Crippen LogP contribution is -2.52. The molecule has 3 aromatic carbocycles. The van der Waals surface area contributed by atoms with E-state index in [0.29, 0.717) is 17.9 Å². The minimum absolute atomic E-state index is 0.151. The van der Waals surface area contributed by atoms with Crippen LogP contribution >= 0.6 is 11.3 Å². The molecule has 2 unspecified atom stereocenters. The quantitative estimate of drug-likeness (QED) is 0.288. The highest BCUT2D eigenvalue weighted by Crippen LogP contribution is 2.40. The van der Waals surface area contributed by atoms with E-state index in [1.54, 1.807) is 18.3 Å². The lowest BCUT2D eigenvalue weighted by Gasteiger charge is -2.37. The first-order chi connectivity index (χ1) is 17.5. The van der Waals surface area contributed by atoms with Gasteiger partial charge in [-0.1, -0.05) is 67.6 Å². The molecule has 4 aromatic rings. The molecule has 0 fully saturated rings. The molecule has 6 nitrogen and oxygen atoms in total. The molecule has 0 saturated carbocycles. The summed E-state index contributed by atoms with van der Waals surface area (Å²) in [6.45, 7) is 3.72. The maximum Gasteiger partial charge on any atom is 0.329 e. The molecule has 2 heterocycles. The molecule has 182 valence electrons. The second-order valence-electron chi connectivity index (χ2n) is 8.57. The Kier molecular flexibility index (Phi) is 6.82. The number of fused-ring (bicyclic) bond motifs is 1. The van der Waals surface area contributed by atoms with Crippen molar-refractivity contribution >= 4 is 28.9 Å². The lowest BCUT2D eigenvalue weighted by atomic mass is 10.0. The smallest absolute Gasteiger partial charge is 0.329 e. The van der Waals surface area contributed by atoms with Crippen LogP contribution in [0, 0.1) is 0 Å². The average molecular weight is 499 g/mol. The number of esters is 1. The summed E-state index contributed by atoms with van der Waals surface area (Å²) in [7, 11) is 0. The Bertz CT molecular complexity index is 1370. The van der Waals surface area contributed by atoms with Gasteiger partial charge in [-0.05, 0) is 37.1 Å². The van der Waals surface area contributed by atoms with Crippen molar-refractivity contribution in [2.45, 2.75) is 39.0 Å². The number of hydrogen-bond donors (Lipinski definition) is 0. The summed E-state index contributed by atoms with van der Waals surface area (Å²) in [5, 5.41) is 2.91. The molecule has 0 N–H and O–H groups in total. The number of ether oxygens (including phenoxy) is 2. The molecule has 1 aromatic heterocycles. The van der Waals surface area contributed by atoms with Gasteiger partial charge in [0.25, 0.3) is 5.91 Å². The standard InChI is InChI=1S/C29H26N2O4S/c1-3-24(29(33)34-17-20-10-6-4-7-11-20)31-25-16-22(14-15-26(25)35-19(2)28(31)32)23-18-36-27(30-23)21-12-8-5-9-13-21/h4-16,18-19,24H,3,17H2,1-2H3. The fourth-order valence-corrected chi connectivity index (χ4v) is 5.08. The van der Waals surface area contributed by atoms with Gasteiger partial charge >= 0.3 is 5.97 Å². The van der Waals surface area contributed by atoms with E-state index < -0.39 is 18.1 Å². The first-order valence-electron chi connectivity index (χ1n) is 11.9. The number of nitrogens with zero attached hydrogens (tertiary/aromatic N) is 2. The summed E-state index contributed by atoms with van der Waals surface area (Å²) in [4.78, 5) is 32.8. The molecule has 1 aliphatic rings. The number of rotatable bonds is 7. The highest BCUT2D eigenvalue weighted by molar-refractivity contribution is 7.13. The number of carbonyl (C=O) groups excluding carboxylic acids is 2. The van der Waals surface area contributed by atoms with E-state index in [1.807, 2.05) is 91.2 Å². The first-order valence-corrected chi connectivity index (χ1v) is 12.8. The van der Waals surface area contributed by atoms with Crippen LogP contribution in [0.15, 0.2) is 84.2 Å². The van der Waals surface area contributed by atoms with Crippen molar-refractivity contribution in [3.05, 3.63) is 89.8 Å². The summed E-state index contributed by atoms with van der Waals surface area (Å²) in [6, 6.07) is 24.4. The van der Waals surface area contributed by atoms with E-state index >= 15 is 0 Å². The largest absolute Gasteiger partial charge is 0.479 e. The summed E-state index contributed by atoms with van der Waals surface area (Å²) in [5.74, 6) is -0.162. The monoisotopic (exact) mass is 498 g/mol. The van der Waals surface area contributed by atoms with Crippen LogP contribution in [0.4, 0.5) is 5.69 Å². The van der Waals surface area contributed by atoms with Gasteiger partial charge in [-0.3, -0.25) is 9.69 Å². The summed E-state index contributed by atoms with van der Waals surface area (Å²) in [5.41, 5.74) is 4.13. The van der Waals surface area contributed by atoms with Crippen LogP contribution in [0.2, 0.25) is 0 Å². The molecule has 1 aliphatic heterocycles. The summed E-state index contributed by atoms with van der Waals surface area (Å²) >= 11 is 1.56. The molecule has 0 spiro atoms. The number of aromatic nitrogens is 1. The van der Waals surface area contributed by atoms with Crippen molar-refractivity contribution < 1.29 is 19.1 Å². The van der Waals surface area contributed by atoms with E-state index in [0.717, 1.165) is 27.4 Å². The van der Waals surface area contributed by atoms with Gasteiger partial charge in [0, 0.05) is 16.5 Å². The third-order valence-electron chi connectivity index (χ3n) is 6.12. The highest BCUT2D eigenvalue weighted by atomic mass is 32.1. The van der Waals surface area contributed by atoms with Crippen molar-refractivity contribution in [1.82, 2.24) is 4.98 Å². The Labute approximate surface area is 214 Å². The van der Waals surface area contributed by atoms with Crippen LogP contribution in [0.5, 0.6) is 5.75 Å². The van der Waals surface area contributed by atoms with Gasteiger partial charge in [0.2, 0.25) is 0 Å². The van der Waals surface area contributed by atoms with Crippen LogP contribution in [0.3, 0.4) is 0 Å². The molecule has 36 heavy (non-hydrogen) atoms. The molecule has 0 bridgehead atoms. The van der Waals surface area contributed by atoms with E-state index in [9.17, 15) is 9.59 Å². The van der Waals surface area contributed by atoms with Crippen LogP contribution in [-0.2, 0) is 20.9 Å². The third-order valence-corrected chi connectivity index (χ3v) is 7.01. The van der Waals surface area contributed by atoms with E-state index in [4.69, 9.17) is 14.5 Å². The van der Waals surface area contributed by atoms with Gasteiger partial charge in [-0.15, -0.1) is 11.3 Å². The molecular formula is C29H26N2O4S. The minimum atomic E-state index is -0.767. The van der Waals surface area contributed by atoms with Crippen LogP contribution in [0.25, 0.3) is 21.8 Å². The number of carbonyl (C=O) groups is 2. The normalized spacial score (nSPS) is 15.7. The van der Waals surface area contributed by atoms with E-state index in [2.05, 4.69) is 0 Å². The fourth-order valence-electron chi connectivity index (χ4n) is 4.24. The number of benzene rings is 3. The zero-order valence-electron chi connectivity index (χ0n) is 20.1. The second-order valence-corrected chi connectivity index (χ2v) is 9.43. The molecule has 7 heteroatoms. The van der Waals surface area contributed by atoms with Crippen LogP contribution < -0.4 is 9.64 Å². The van der Waals surface area contributed by atoms with Crippen LogP contribution in [0.1, 0.15) is 25.8 Å². The zero-order chi connectivity index (χ0) is 25.1. The fraction of sp³-hybridized carbons (Fsp3) is 0.207. The van der Waals surface area contributed by atoms with E-state index in [1.165, 1.54) is 4.90 Å². The number of thiazole rings is 1. The Morgan fingerprint density at radius 1 is 1.06 bits per heavy atom. The Morgan fingerprint density at radius 2 is 1.78 bits per heavy atom. The van der Waals surface area contributed by atoms with Gasteiger partial charge in [0.15, 0.2) is 6.10 Å². The van der Waals surface area contributed by atoms with E-state index in [-0.39, 0.29) is 12.5 Å². The number of anilines is 1. The average Bonchev–Trinajstić information content (AvgIpc) is 3.41. The van der Waals surface area contributed by atoms with Crippen molar-refractivity contribution in [3.63, 3.8) is 0 Å². The minimum Gasteiger partial charge on any atom is -0.479 e. The predicted molar refractivity (Wildman–Crippen MR) is 141 cm³/mol. The molecule has 0 saturated heterocycles. The van der Waals surface area contributed by atoms with Gasteiger partial charge in [-0.25, -0.2) is 9.78 Å². The molecule has 1 amide bonds. The van der Waals surface area contributed by atoms with Gasteiger partial charge in [0.1, 0.15) is 23.4 Å². The van der Waals surface area contributed by atoms with Crippen molar-refractivity contribution in [3.8, 4) is 27.6 Å². The number of hydrogen-bond acceptors (Lipinski definition) is 6. The SMILES string of the molecule is CCC(C(=O)OCc1ccccc1)N1C(=O)C(C)Oc2ccc(-c3csc(-c4ccccc4)n3)cc21. The summed E-state index contributed by atoms with van der Waals surface area (Å²) in [6.07, 6.45) is -0.298. The second kappa shape index (κ2) is 10.3. The number of amides is 1. The van der Waals surface area contributed by atoms with Gasteiger partial charge < -0.3 is 9.47 Å². The highest BCUT2D eigenvalue weighted by Gasteiger charge is 2.39. The molecule has 0 radical (unpaired) electrons. The maximum atomic E-state index is 13.3. The Hall–Kier alpha value is -3.97. The lowest BCUT2D eigenvalue weighted by molar-refractivity contribution is -0.148. The van der Waals surface area contributed by atoms with Crippen molar-refractivity contribution in [2.24, 2.45) is 0 Å². The molecule has 0 aliphatic carbocycles. The Balaban J connectivity index is 1.45. The van der Waals surface area contributed by atoms with Crippen molar-refractivity contribution in [2.75, 3.05) is 4.90 Å². The predicted octanol–water partition coefficient (Wildman–Crippen LogP) is 6.11. The molecular weight excluding hydrogens is 472 g/mol. The topological polar surface area (TPSA) is 68.7 Å². The van der Waals surface area contributed by atoms with Gasteiger partial charge in [-0.2, -0.15) is 0 Å². The first kappa shape index (κ1) is 23.8. The summed E-state index contributed by atoms with van der Waals surface area (Å²) < 4.78 is 11.5.